The van der Waals surface area contributed by atoms with E-state index in [0.717, 1.165) is 23.9 Å². The molecule has 3 aliphatic heterocycles. The van der Waals surface area contributed by atoms with E-state index in [-0.39, 0.29) is 33.4 Å². The predicted molar refractivity (Wildman–Crippen MR) is 171 cm³/mol. The van der Waals surface area contributed by atoms with Crippen LogP contribution in [0.15, 0.2) is 42.5 Å². The molecule has 3 fully saturated rings. The van der Waals surface area contributed by atoms with Crippen molar-refractivity contribution in [3.8, 4) is 16.9 Å². The summed E-state index contributed by atoms with van der Waals surface area (Å²) in [6.45, 7) is 9.64. The minimum atomic E-state index is -0.548. The number of hydrogen-bond donors (Lipinski definition) is 1. The second-order valence-corrected chi connectivity index (χ2v) is 14.1. The summed E-state index contributed by atoms with van der Waals surface area (Å²) >= 11 is 6.86. The Balaban J connectivity index is 1.27. The van der Waals surface area contributed by atoms with Crippen LogP contribution in [0.2, 0.25) is 5.02 Å². The van der Waals surface area contributed by atoms with E-state index in [1.807, 2.05) is 59.1 Å². The van der Waals surface area contributed by atoms with Crippen LogP contribution in [0, 0.1) is 11.2 Å². The first-order chi connectivity index (χ1) is 20.8. The summed E-state index contributed by atoms with van der Waals surface area (Å²) in [5.74, 6) is 0.587. The lowest BCUT2D eigenvalue weighted by atomic mass is 9.73. The Morgan fingerprint density at radius 3 is 2.43 bits per heavy atom. The number of phenols is 1. The quantitative estimate of drug-likeness (QED) is 0.309. The molecule has 1 aromatic heterocycles. The van der Waals surface area contributed by atoms with Gasteiger partial charge in [0.2, 0.25) is 5.95 Å². The first kappa shape index (κ1) is 28.9. The van der Waals surface area contributed by atoms with Gasteiger partial charge in [-0.1, -0.05) is 35.9 Å². The van der Waals surface area contributed by atoms with Crippen molar-refractivity contribution < 1.29 is 19.0 Å². The molecular weight excluding hydrogens is 583 g/mol. The van der Waals surface area contributed by atoms with Gasteiger partial charge in [0.15, 0.2) is 5.82 Å². The molecule has 230 valence electrons. The predicted octanol–water partition coefficient (Wildman–Crippen LogP) is 5.76. The van der Waals surface area contributed by atoms with Crippen molar-refractivity contribution in [3.63, 3.8) is 0 Å². The van der Waals surface area contributed by atoms with Crippen LogP contribution in [0.4, 0.5) is 21.0 Å². The van der Waals surface area contributed by atoms with E-state index in [9.17, 15) is 9.90 Å². The molecule has 4 heterocycles. The highest BCUT2D eigenvalue weighted by molar-refractivity contribution is 6.35. The number of hydrogen-bond acceptors (Lipinski definition) is 8. The van der Waals surface area contributed by atoms with Gasteiger partial charge in [0.1, 0.15) is 22.7 Å². The van der Waals surface area contributed by atoms with Crippen LogP contribution >= 0.6 is 11.6 Å². The molecule has 1 N–H and O–H groups in total. The lowest BCUT2D eigenvalue weighted by Crippen LogP contribution is -2.73. The molecule has 0 radical (unpaired) electrons. The molecule has 3 aliphatic rings. The molecule has 0 atom stereocenters. The Labute approximate surface area is 260 Å². The SMILES string of the molecule is CN(C)C1CN(c2nc(N3CC4(CN(C(=O)OC(C)(C)C)C4)C3)c3cc(Cl)c(-c4cc(O)cc5ccccc45)c(F)c3n2)C1. The second-order valence-electron chi connectivity index (χ2n) is 13.7. The van der Waals surface area contributed by atoms with Crippen LogP contribution in [-0.2, 0) is 4.74 Å². The largest absolute Gasteiger partial charge is 0.508 e. The third-order valence-electron chi connectivity index (χ3n) is 8.90. The van der Waals surface area contributed by atoms with Crippen molar-refractivity contribution in [1.82, 2.24) is 19.8 Å². The van der Waals surface area contributed by atoms with Crippen molar-refractivity contribution in [3.05, 3.63) is 53.3 Å². The Morgan fingerprint density at radius 1 is 1.05 bits per heavy atom. The van der Waals surface area contributed by atoms with Gasteiger partial charge in [-0.2, -0.15) is 4.98 Å². The van der Waals surface area contributed by atoms with E-state index >= 15 is 4.39 Å². The normalized spacial score (nSPS) is 18.1. The van der Waals surface area contributed by atoms with Crippen molar-refractivity contribution >= 4 is 51.1 Å². The molecule has 0 unspecified atom stereocenters. The fraction of sp³-hybridized carbons (Fsp3) is 0.424. The molecule has 1 spiro atoms. The summed E-state index contributed by atoms with van der Waals surface area (Å²) in [5, 5.41) is 12.8. The summed E-state index contributed by atoms with van der Waals surface area (Å²) in [5.41, 5.74) is 0.294. The minimum absolute atomic E-state index is 0.0282. The van der Waals surface area contributed by atoms with Gasteiger partial charge in [-0.3, -0.25) is 0 Å². The van der Waals surface area contributed by atoms with Gasteiger partial charge in [-0.15, -0.1) is 0 Å². The average molecular weight is 619 g/mol. The molecule has 4 aromatic rings. The Hall–Kier alpha value is -3.89. The van der Waals surface area contributed by atoms with E-state index in [4.69, 9.17) is 26.3 Å². The third kappa shape index (κ3) is 4.84. The van der Waals surface area contributed by atoms with Crippen molar-refractivity contribution in [1.29, 1.82) is 0 Å². The van der Waals surface area contributed by atoms with E-state index in [2.05, 4.69) is 14.7 Å². The topological polar surface area (TPSA) is 85.3 Å². The maximum Gasteiger partial charge on any atom is 0.410 e. The average Bonchev–Trinajstić information content (AvgIpc) is 2.85. The van der Waals surface area contributed by atoms with Gasteiger partial charge in [0, 0.05) is 61.7 Å². The number of nitrogens with zero attached hydrogens (tertiary/aromatic N) is 6. The van der Waals surface area contributed by atoms with Gasteiger partial charge in [0.05, 0.1) is 5.02 Å². The van der Waals surface area contributed by atoms with E-state index in [0.29, 0.717) is 54.9 Å². The third-order valence-corrected chi connectivity index (χ3v) is 9.20. The van der Waals surface area contributed by atoms with Crippen LogP contribution in [0.1, 0.15) is 20.8 Å². The summed E-state index contributed by atoms with van der Waals surface area (Å²) < 4.78 is 22.3. The number of fused-ring (bicyclic) bond motifs is 2. The fourth-order valence-corrected chi connectivity index (χ4v) is 6.87. The Morgan fingerprint density at radius 2 is 1.75 bits per heavy atom. The van der Waals surface area contributed by atoms with Gasteiger partial charge < -0.3 is 29.4 Å². The van der Waals surface area contributed by atoms with Crippen molar-refractivity contribution in [2.75, 3.05) is 63.2 Å². The standard InChI is InChI=1S/C33H36ClFN6O3/c1-32(2,3)44-31(43)41-17-33(18-41)15-40(16-33)29-24-12-25(34)26(23-11-21(42)10-19-8-6-7-9-22(19)23)27(35)28(24)36-30(37-29)39-13-20(14-39)38(4)5/h6-12,20,42H,13-18H2,1-5H3. The van der Waals surface area contributed by atoms with Crippen molar-refractivity contribution in [2.24, 2.45) is 5.41 Å². The number of carbonyl (C=O) groups excluding carboxylic acids is 1. The molecule has 1 amide bonds. The number of aromatic nitrogens is 2. The number of likely N-dealkylation sites (N-methyl/N-ethyl adjacent to an activating group) is 1. The highest BCUT2D eigenvalue weighted by Gasteiger charge is 2.54. The molecule has 0 saturated carbocycles. The molecule has 9 nitrogen and oxygen atoms in total. The zero-order chi connectivity index (χ0) is 31.1. The van der Waals surface area contributed by atoms with Crippen LogP contribution < -0.4 is 9.80 Å². The van der Waals surface area contributed by atoms with E-state index in [1.54, 1.807) is 23.1 Å². The summed E-state index contributed by atoms with van der Waals surface area (Å²) in [6, 6.07) is 12.8. The van der Waals surface area contributed by atoms with Crippen molar-refractivity contribution in [2.45, 2.75) is 32.4 Å². The van der Waals surface area contributed by atoms with Gasteiger partial charge in [-0.25, -0.2) is 14.2 Å². The number of rotatable bonds is 4. The van der Waals surface area contributed by atoms with E-state index in [1.165, 1.54) is 0 Å². The summed E-state index contributed by atoms with van der Waals surface area (Å²) in [6.07, 6.45) is -0.301. The minimum Gasteiger partial charge on any atom is -0.508 e. The lowest BCUT2D eigenvalue weighted by Gasteiger charge is -2.60. The number of aromatic hydroxyl groups is 1. The highest BCUT2D eigenvalue weighted by atomic mass is 35.5. The Bertz CT molecular complexity index is 1810. The number of amides is 1. The number of likely N-dealkylation sites (tertiary alicyclic amines) is 1. The maximum atomic E-state index is 16.8. The number of benzene rings is 3. The van der Waals surface area contributed by atoms with Gasteiger partial charge >= 0.3 is 6.09 Å². The zero-order valence-corrected chi connectivity index (χ0v) is 26.3. The molecule has 11 heteroatoms. The number of anilines is 2. The molecular formula is C33H36ClFN6O3. The second kappa shape index (κ2) is 10.1. The maximum absolute atomic E-state index is 16.8. The van der Waals surface area contributed by atoms with Crippen LogP contribution in [-0.4, -0.2) is 96.0 Å². The highest BCUT2D eigenvalue weighted by Crippen LogP contribution is 2.47. The number of phenolic OH excluding ortho intramolecular Hbond substituents is 1. The zero-order valence-electron chi connectivity index (χ0n) is 25.6. The van der Waals surface area contributed by atoms with Crippen LogP contribution in [0.5, 0.6) is 5.75 Å². The molecule has 0 bridgehead atoms. The monoisotopic (exact) mass is 618 g/mol. The molecule has 7 rings (SSSR count). The first-order valence-corrected chi connectivity index (χ1v) is 15.2. The molecule has 0 aliphatic carbocycles. The van der Waals surface area contributed by atoms with Gasteiger partial charge in [-0.05, 0) is 69.4 Å². The number of carbonyl (C=O) groups is 1. The lowest BCUT2D eigenvalue weighted by molar-refractivity contribution is -0.0454. The smallest absolute Gasteiger partial charge is 0.410 e. The summed E-state index contributed by atoms with van der Waals surface area (Å²) in [7, 11) is 4.09. The van der Waals surface area contributed by atoms with Gasteiger partial charge in [0.25, 0.3) is 0 Å². The van der Waals surface area contributed by atoms with E-state index < -0.39 is 11.4 Å². The van der Waals surface area contributed by atoms with Crippen LogP contribution in [0.3, 0.4) is 0 Å². The molecule has 44 heavy (non-hydrogen) atoms. The first-order valence-electron chi connectivity index (χ1n) is 14.9. The van der Waals surface area contributed by atoms with Crippen LogP contribution in [0.25, 0.3) is 32.8 Å². The number of halogens is 2. The number of ether oxygens (including phenoxy) is 1. The molecule has 3 saturated heterocycles. The molecule has 3 aromatic carbocycles. The fourth-order valence-electron chi connectivity index (χ4n) is 6.58. The Kier molecular flexibility index (Phi) is 6.60. The summed E-state index contributed by atoms with van der Waals surface area (Å²) in [4.78, 5) is 30.4.